The van der Waals surface area contributed by atoms with Crippen molar-refractivity contribution in [1.29, 1.82) is 0 Å². The molecular formula is C20H22N2O3S. The van der Waals surface area contributed by atoms with Gasteiger partial charge in [-0.25, -0.2) is 8.42 Å². The van der Waals surface area contributed by atoms with E-state index >= 15 is 0 Å². The summed E-state index contributed by atoms with van der Waals surface area (Å²) in [6.45, 7) is 1.58. The summed E-state index contributed by atoms with van der Waals surface area (Å²) in [5, 5.41) is 1.13. The highest BCUT2D eigenvalue weighted by Crippen LogP contribution is 2.16. The van der Waals surface area contributed by atoms with Crippen molar-refractivity contribution in [3.8, 4) is 0 Å². The molecule has 2 aromatic carbocycles. The number of amides is 1. The molecule has 1 saturated heterocycles. The van der Waals surface area contributed by atoms with Crippen LogP contribution in [0.3, 0.4) is 0 Å². The number of likely N-dealkylation sites (tertiary alicyclic amines) is 1. The summed E-state index contributed by atoms with van der Waals surface area (Å²) in [5.74, 6) is 0.00285. The first-order valence-corrected chi connectivity index (χ1v) is 10.2. The molecule has 2 aromatic rings. The third-order valence-electron chi connectivity index (χ3n) is 4.27. The number of carbonyl (C=O) groups is 1. The maximum atomic E-state index is 12.4. The number of carbonyl (C=O) groups excluding carboxylic acids is 1. The van der Waals surface area contributed by atoms with Gasteiger partial charge in [-0.1, -0.05) is 30.3 Å². The van der Waals surface area contributed by atoms with E-state index in [9.17, 15) is 13.2 Å². The number of sulfonamides is 1. The summed E-state index contributed by atoms with van der Waals surface area (Å²) in [6.07, 6.45) is 4.78. The molecular weight excluding hydrogens is 348 g/mol. The van der Waals surface area contributed by atoms with E-state index in [0.717, 1.165) is 36.9 Å². The van der Waals surface area contributed by atoms with E-state index in [0.29, 0.717) is 11.3 Å². The fraction of sp³-hybridized carbons (Fsp3) is 0.250. The van der Waals surface area contributed by atoms with E-state index in [-0.39, 0.29) is 5.91 Å². The quantitative estimate of drug-likeness (QED) is 0.872. The highest BCUT2D eigenvalue weighted by Gasteiger charge is 2.18. The van der Waals surface area contributed by atoms with Crippen molar-refractivity contribution in [3.05, 3.63) is 71.1 Å². The first-order chi connectivity index (χ1) is 12.5. The Balaban J connectivity index is 1.64. The number of benzene rings is 2. The van der Waals surface area contributed by atoms with Crippen LogP contribution in [0.15, 0.2) is 60.0 Å². The molecule has 0 aromatic heterocycles. The molecule has 6 heteroatoms. The van der Waals surface area contributed by atoms with Crippen LogP contribution >= 0.6 is 0 Å². The van der Waals surface area contributed by atoms with Crippen molar-refractivity contribution in [1.82, 2.24) is 4.90 Å². The summed E-state index contributed by atoms with van der Waals surface area (Å²) in [5.41, 5.74) is 1.81. The minimum atomic E-state index is -3.61. The lowest BCUT2D eigenvalue weighted by atomic mass is 10.1. The van der Waals surface area contributed by atoms with E-state index in [2.05, 4.69) is 4.72 Å². The number of rotatable bonds is 5. The average Bonchev–Trinajstić information content (AvgIpc) is 2.68. The molecule has 1 N–H and O–H groups in total. The Kier molecular flexibility index (Phi) is 5.73. The van der Waals surface area contributed by atoms with Gasteiger partial charge in [0, 0.05) is 24.3 Å². The normalized spacial score (nSPS) is 15.2. The van der Waals surface area contributed by atoms with Gasteiger partial charge >= 0.3 is 0 Å². The van der Waals surface area contributed by atoms with Gasteiger partial charge in [0.2, 0.25) is 0 Å². The fourth-order valence-electron chi connectivity index (χ4n) is 2.89. The standard InChI is InChI=1S/C20H22N2O3S/c23-20(22-14-5-2-6-15-22)18-9-11-19(12-10-18)21-26(24,25)16-13-17-7-3-1-4-8-17/h1,3-4,7-13,16,21H,2,5-6,14-15H2. The van der Waals surface area contributed by atoms with Gasteiger partial charge < -0.3 is 4.90 Å². The summed E-state index contributed by atoms with van der Waals surface area (Å²) in [6, 6.07) is 15.8. The highest BCUT2D eigenvalue weighted by molar-refractivity contribution is 7.95. The minimum absolute atomic E-state index is 0.00285. The Morgan fingerprint density at radius 3 is 2.23 bits per heavy atom. The molecule has 0 unspecified atom stereocenters. The predicted octanol–water partition coefficient (Wildman–Crippen LogP) is 3.73. The molecule has 0 bridgehead atoms. The van der Waals surface area contributed by atoms with Gasteiger partial charge in [0.15, 0.2) is 0 Å². The molecule has 0 saturated carbocycles. The third kappa shape index (κ3) is 4.95. The lowest BCUT2D eigenvalue weighted by Gasteiger charge is -2.26. The van der Waals surface area contributed by atoms with Crippen LogP contribution in [0.25, 0.3) is 6.08 Å². The predicted molar refractivity (Wildman–Crippen MR) is 104 cm³/mol. The maximum absolute atomic E-state index is 12.4. The molecule has 1 heterocycles. The fourth-order valence-corrected chi connectivity index (χ4v) is 3.76. The Hall–Kier alpha value is -2.60. The second-order valence-corrected chi connectivity index (χ2v) is 7.86. The van der Waals surface area contributed by atoms with Crippen LogP contribution in [0.4, 0.5) is 5.69 Å². The molecule has 1 amide bonds. The second-order valence-electron chi connectivity index (χ2n) is 6.29. The lowest BCUT2D eigenvalue weighted by Crippen LogP contribution is -2.35. The molecule has 5 nitrogen and oxygen atoms in total. The zero-order chi connectivity index (χ0) is 18.4. The monoisotopic (exact) mass is 370 g/mol. The Morgan fingerprint density at radius 1 is 0.923 bits per heavy atom. The SMILES string of the molecule is O=C(c1ccc(NS(=O)(=O)C=Cc2ccccc2)cc1)N1CCCCC1. The molecule has 136 valence electrons. The van der Waals surface area contributed by atoms with E-state index in [1.54, 1.807) is 24.3 Å². The third-order valence-corrected chi connectivity index (χ3v) is 5.29. The number of piperidine rings is 1. The molecule has 0 spiro atoms. The second kappa shape index (κ2) is 8.19. The molecule has 0 atom stereocenters. The molecule has 1 aliphatic heterocycles. The summed E-state index contributed by atoms with van der Waals surface area (Å²) in [7, 11) is -3.61. The Morgan fingerprint density at radius 2 is 1.58 bits per heavy atom. The summed E-state index contributed by atoms with van der Waals surface area (Å²) >= 11 is 0. The van der Waals surface area contributed by atoms with Gasteiger partial charge in [-0.2, -0.15) is 0 Å². The Bertz CT molecular complexity index is 869. The van der Waals surface area contributed by atoms with Gasteiger partial charge in [0.25, 0.3) is 15.9 Å². The van der Waals surface area contributed by atoms with Crippen molar-refractivity contribution in [2.24, 2.45) is 0 Å². The van der Waals surface area contributed by atoms with Crippen LogP contribution in [0, 0.1) is 0 Å². The maximum Gasteiger partial charge on any atom is 0.255 e. The lowest BCUT2D eigenvalue weighted by molar-refractivity contribution is 0.0724. The van der Waals surface area contributed by atoms with Gasteiger partial charge in [0.05, 0.1) is 5.41 Å². The summed E-state index contributed by atoms with van der Waals surface area (Å²) in [4.78, 5) is 14.3. The van der Waals surface area contributed by atoms with Crippen LogP contribution in [-0.2, 0) is 10.0 Å². The van der Waals surface area contributed by atoms with Crippen molar-refractivity contribution < 1.29 is 13.2 Å². The molecule has 1 aliphatic rings. The van der Waals surface area contributed by atoms with E-state index in [1.165, 1.54) is 12.5 Å². The van der Waals surface area contributed by atoms with Gasteiger partial charge in [0.1, 0.15) is 0 Å². The van der Waals surface area contributed by atoms with Crippen LogP contribution in [0.1, 0.15) is 35.2 Å². The highest BCUT2D eigenvalue weighted by atomic mass is 32.2. The zero-order valence-corrected chi connectivity index (χ0v) is 15.3. The Labute approximate surface area is 154 Å². The summed E-state index contributed by atoms with van der Waals surface area (Å²) < 4.78 is 26.8. The number of hydrogen-bond donors (Lipinski definition) is 1. The van der Waals surface area contributed by atoms with Crippen LogP contribution < -0.4 is 4.72 Å². The van der Waals surface area contributed by atoms with Gasteiger partial charge in [-0.3, -0.25) is 9.52 Å². The smallest absolute Gasteiger partial charge is 0.255 e. The first kappa shape index (κ1) is 18.2. The number of anilines is 1. The molecule has 1 fully saturated rings. The molecule has 3 rings (SSSR count). The van der Waals surface area contributed by atoms with E-state index < -0.39 is 10.0 Å². The molecule has 0 radical (unpaired) electrons. The number of nitrogens with one attached hydrogen (secondary N) is 1. The topological polar surface area (TPSA) is 66.5 Å². The average molecular weight is 370 g/mol. The minimum Gasteiger partial charge on any atom is -0.339 e. The van der Waals surface area contributed by atoms with E-state index in [1.807, 2.05) is 35.2 Å². The van der Waals surface area contributed by atoms with Crippen LogP contribution in [0.5, 0.6) is 0 Å². The zero-order valence-electron chi connectivity index (χ0n) is 14.5. The van der Waals surface area contributed by atoms with Crippen LogP contribution in [-0.4, -0.2) is 32.3 Å². The number of nitrogens with zero attached hydrogens (tertiary/aromatic N) is 1. The van der Waals surface area contributed by atoms with Crippen molar-refractivity contribution in [3.63, 3.8) is 0 Å². The van der Waals surface area contributed by atoms with Crippen molar-refractivity contribution in [2.45, 2.75) is 19.3 Å². The largest absolute Gasteiger partial charge is 0.339 e. The number of hydrogen-bond acceptors (Lipinski definition) is 3. The first-order valence-electron chi connectivity index (χ1n) is 8.69. The molecule has 0 aliphatic carbocycles. The van der Waals surface area contributed by atoms with E-state index in [4.69, 9.17) is 0 Å². The van der Waals surface area contributed by atoms with Crippen molar-refractivity contribution >= 4 is 27.7 Å². The van der Waals surface area contributed by atoms with Gasteiger partial charge in [-0.05, 0) is 55.2 Å². The van der Waals surface area contributed by atoms with Crippen molar-refractivity contribution in [2.75, 3.05) is 17.8 Å². The molecule has 26 heavy (non-hydrogen) atoms. The van der Waals surface area contributed by atoms with Gasteiger partial charge in [-0.15, -0.1) is 0 Å². The van der Waals surface area contributed by atoms with Crippen LogP contribution in [0.2, 0.25) is 0 Å².